The Morgan fingerprint density at radius 3 is 2.29 bits per heavy atom. The summed E-state index contributed by atoms with van der Waals surface area (Å²) < 4.78 is 1.99. The number of amides is 1. The lowest BCUT2D eigenvalue weighted by molar-refractivity contribution is -0.121. The Kier molecular flexibility index (Phi) is 6.18. The van der Waals surface area contributed by atoms with Gasteiger partial charge in [-0.3, -0.25) is 4.79 Å². The molecule has 0 radical (unpaired) electrons. The zero-order valence-corrected chi connectivity index (χ0v) is 16.8. The second kappa shape index (κ2) is 9.54. The molecule has 3 aromatic carbocycles. The number of aromatic nitrogens is 2. The van der Waals surface area contributed by atoms with Crippen molar-refractivity contribution >= 4 is 12.1 Å². The third-order valence-corrected chi connectivity index (χ3v) is 4.84. The van der Waals surface area contributed by atoms with E-state index in [4.69, 9.17) is 0 Å². The molecule has 0 aliphatic carbocycles. The lowest BCUT2D eigenvalue weighted by Gasteiger charge is -2.10. The standard InChI is InChI=1S/C25H22N4O2/c30-22-14-8-7-13-21(22)17-27-28-23(31)15-16-29-18-26-24(19-9-3-1-4-10-19)25(29)20-11-5-2-6-12-20/h1-14,17-18,30H,15-16H2,(H,28,31)/b27-17-. The Balaban J connectivity index is 1.49. The van der Waals surface area contributed by atoms with Crippen molar-refractivity contribution in [3.05, 3.63) is 96.8 Å². The Morgan fingerprint density at radius 2 is 1.58 bits per heavy atom. The zero-order chi connectivity index (χ0) is 21.5. The number of hydrogen-bond acceptors (Lipinski definition) is 4. The summed E-state index contributed by atoms with van der Waals surface area (Å²) in [5.41, 5.74) is 6.96. The molecule has 0 spiro atoms. The third-order valence-electron chi connectivity index (χ3n) is 4.84. The van der Waals surface area contributed by atoms with Crippen molar-refractivity contribution in [2.75, 3.05) is 0 Å². The van der Waals surface area contributed by atoms with E-state index in [1.807, 2.05) is 65.2 Å². The fourth-order valence-electron chi connectivity index (χ4n) is 3.31. The molecule has 0 bridgehead atoms. The summed E-state index contributed by atoms with van der Waals surface area (Å²) in [7, 11) is 0. The minimum atomic E-state index is -0.222. The smallest absolute Gasteiger partial charge is 0.241 e. The molecule has 4 aromatic rings. The number of hydrazone groups is 1. The monoisotopic (exact) mass is 410 g/mol. The van der Waals surface area contributed by atoms with Crippen molar-refractivity contribution in [1.82, 2.24) is 15.0 Å². The van der Waals surface area contributed by atoms with E-state index in [0.717, 1.165) is 22.5 Å². The number of aromatic hydroxyl groups is 1. The van der Waals surface area contributed by atoms with Crippen LogP contribution in [0.4, 0.5) is 0 Å². The Labute approximate surface area is 180 Å². The van der Waals surface area contributed by atoms with Gasteiger partial charge in [0.1, 0.15) is 5.75 Å². The van der Waals surface area contributed by atoms with E-state index >= 15 is 0 Å². The molecule has 1 aromatic heterocycles. The molecule has 0 unspecified atom stereocenters. The predicted molar refractivity (Wildman–Crippen MR) is 122 cm³/mol. The summed E-state index contributed by atoms with van der Waals surface area (Å²) in [5.74, 6) is -0.111. The average molecular weight is 410 g/mol. The van der Waals surface area contributed by atoms with E-state index < -0.39 is 0 Å². The highest BCUT2D eigenvalue weighted by atomic mass is 16.3. The van der Waals surface area contributed by atoms with Crippen molar-refractivity contribution in [1.29, 1.82) is 0 Å². The zero-order valence-electron chi connectivity index (χ0n) is 16.8. The van der Waals surface area contributed by atoms with Crippen LogP contribution < -0.4 is 5.43 Å². The SMILES string of the molecule is O=C(CCn1cnc(-c2ccccc2)c1-c1ccccc1)N/N=C\c1ccccc1O. The summed E-state index contributed by atoms with van der Waals surface area (Å²) in [6, 6.07) is 26.8. The highest BCUT2D eigenvalue weighted by Crippen LogP contribution is 2.31. The van der Waals surface area contributed by atoms with E-state index in [0.29, 0.717) is 12.1 Å². The molecule has 0 aliphatic rings. The number of aryl methyl sites for hydroxylation is 1. The van der Waals surface area contributed by atoms with E-state index in [1.54, 1.807) is 30.6 Å². The molecule has 0 aliphatic heterocycles. The van der Waals surface area contributed by atoms with Crippen LogP contribution in [0.5, 0.6) is 5.75 Å². The first-order chi connectivity index (χ1) is 15.2. The van der Waals surface area contributed by atoms with Gasteiger partial charge in [0.15, 0.2) is 0 Å². The summed E-state index contributed by atoms with van der Waals surface area (Å²) >= 11 is 0. The largest absolute Gasteiger partial charge is 0.507 e. The summed E-state index contributed by atoms with van der Waals surface area (Å²) in [4.78, 5) is 16.9. The topological polar surface area (TPSA) is 79.5 Å². The summed E-state index contributed by atoms with van der Waals surface area (Å²) in [6.45, 7) is 0.460. The number of para-hydroxylation sites is 1. The van der Waals surface area contributed by atoms with Crippen LogP contribution >= 0.6 is 0 Å². The van der Waals surface area contributed by atoms with Gasteiger partial charge in [-0.2, -0.15) is 5.10 Å². The minimum absolute atomic E-state index is 0.111. The van der Waals surface area contributed by atoms with Crippen LogP contribution in [0.2, 0.25) is 0 Å². The van der Waals surface area contributed by atoms with E-state index in [1.165, 1.54) is 6.21 Å². The van der Waals surface area contributed by atoms with Crippen LogP contribution in [0, 0.1) is 0 Å². The van der Waals surface area contributed by atoms with Gasteiger partial charge in [-0.25, -0.2) is 10.4 Å². The highest BCUT2D eigenvalue weighted by molar-refractivity contribution is 5.85. The third kappa shape index (κ3) is 4.87. The van der Waals surface area contributed by atoms with Gasteiger partial charge in [-0.15, -0.1) is 0 Å². The van der Waals surface area contributed by atoms with Crippen molar-refractivity contribution in [2.24, 2.45) is 5.10 Å². The van der Waals surface area contributed by atoms with Crippen LogP contribution in [-0.4, -0.2) is 26.8 Å². The molecule has 0 saturated heterocycles. The van der Waals surface area contributed by atoms with Gasteiger partial charge < -0.3 is 9.67 Å². The van der Waals surface area contributed by atoms with Crippen LogP contribution in [0.3, 0.4) is 0 Å². The molecule has 6 nitrogen and oxygen atoms in total. The van der Waals surface area contributed by atoms with Crippen molar-refractivity contribution in [2.45, 2.75) is 13.0 Å². The second-order valence-corrected chi connectivity index (χ2v) is 6.97. The lowest BCUT2D eigenvalue weighted by atomic mass is 10.0. The fraction of sp³-hybridized carbons (Fsp3) is 0.0800. The normalized spacial score (nSPS) is 11.0. The van der Waals surface area contributed by atoms with E-state index in [-0.39, 0.29) is 18.1 Å². The molecule has 0 fully saturated rings. The molecule has 1 amide bonds. The molecule has 6 heteroatoms. The predicted octanol–water partition coefficient (Wildman–Crippen LogP) is 4.46. The minimum Gasteiger partial charge on any atom is -0.507 e. The van der Waals surface area contributed by atoms with E-state index in [9.17, 15) is 9.90 Å². The molecular weight excluding hydrogens is 388 g/mol. The molecule has 31 heavy (non-hydrogen) atoms. The molecule has 1 heterocycles. The van der Waals surface area contributed by atoms with Crippen LogP contribution in [0.15, 0.2) is 96.4 Å². The number of nitrogens with one attached hydrogen (secondary N) is 1. The number of hydrogen-bond donors (Lipinski definition) is 2. The van der Waals surface area contributed by atoms with Crippen LogP contribution in [-0.2, 0) is 11.3 Å². The Bertz CT molecular complexity index is 1180. The average Bonchev–Trinajstić information content (AvgIpc) is 3.24. The number of imidazole rings is 1. The maximum Gasteiger partial charge on any atom is 0.241 e. The molecule has 2 N–H and O–H groups in total. The van der Waals surface area contributed by atoms with Crippen molar-refractivity contribution < 1.29 is 9.90 Å². The number of carbonyl (C=O) groups is 1. The number of benzene rings is 3. The fourth-order valence-corrected chi connectivity index (χ4v) is 3.31. The molecule has 4 rings (SSSR count). The molecule has 0 atom stereocenters. The van der Waals surface area contributed by atoms with Gasteiger partial charge in [0.2, 0.25) is 5.91 Å². The first-order valence-electron chi connectivity index (χ1n) is 9.98. The van der Waals surface area contributed by atoms with Crippen LogP contribution in [0.25, 0.3) is 22.5 Å². The maximum atomic E-state index is 12.3. The maximum absolute atomic E-state index is 12.3. The quantitative estimate of drug-likeness (QED) is 0.349. The number of rotatable bonds is 7. The molecular formula is C25H22N4O2. The first-order valence-corrected chi connectivity index (χ1v) is 9.98. The Hall–Kier alpha value is -4.19. The van der Waals surface area contributed by atoms with E-state index in [2.05, 4.69) is 15.5 Å². The second-order valence-electron chi connectivity index (χ2n) is 6.97. The van der Waals surface area contributed by atoms with Gasteiger partial charge in [0.05, 0.1) is 23.9 Å². The van der Waals surface area contributed by atoms with Gasteiger partial charge in [-0.05, 0) is 12.1 Å². The number of carbonyl (C=O) groups excluding carboxylic acids is 1. The van der Waals surface area contributed by atoms with Crippen LogP contribution in [0.1, 0.15) is 12.0 Å². The van der Waals surface area contributed by atoms with Gasteiger partial charge >= 0.3 is 0 Å². The first kappa shape index (κ1) is 20.1. The summed E-state index contributed by atoms with van der Waals surface area (Å²) in [5, 5.41) is 13.7. The van der Waals surface area contributed by atoms with Crippen molar-refractivity contribution in [3.63, 3.8) is 0 Å². The van der Waals surface area contributed by atoms with Crippen molar-refractivity contribution in [3.8, 4) is 28.3 Å². The number of nitrogens with zero attached hydrogens (tertiary/aromatic N) is 3. The number of phenolic OH excluding ortho intramolecular Hbond substituents is 1. The highest BCUT2D eigenvalue weighted by Gasteiger charge is 2.15. The van der Waals surface area contributed by atoms with Gasteiger partial charge in [0, 0.05) is 29.7 Å². The van der Waals surface area contributed by atoms with Gasteiger partial charge in [-0.1, -0.05) is 72.8 Å². The summed E-state index contributed by atoms with van der Waals surface area (Å²) in [6.07, 6.45) is 3.43. The van der Waals surface area contributed by atoms with Gasteiger partial charge in [0.25, 0.3) is 0 Å². The molecule has 154 valence electrons. The lowest BCUT2D eigenvalue weighted by Crippen LogP contribution is -2.19. The molecule has 0 saturated carbocycles. The Morgan fingerprint density at radius 1 is 0.935 bits per heavy atom. The number of phenols is 1.